The minimum Gasteiger partial charge on any atom is -0.377 e. The molecule has 1 rings (SSSR count). The molecule has 1 aliphatic heterocycles. The van der Waals surface area contributed by atoms with E-state index in [0.29, 0.717) is 13.2 Å². The van der Waals surface area contributed by atoms with Gasteiger partial charge in [0.05, 0.1) is 19.3 Å². The van der Waals surface area contributed by atoms with E-state index in [1.54, 1.807) is 0 Å². The minimum atomic E-state index is -0.272. The van der Waals surface area contributed by atoms with E-state index in [4.69, 9.17) is 4.74 Å². The molecule has 0 aromatic carbocycles. The minimum absolute atomic E-state index is 0.223. The van der Waals surface area contributed by atoms with Crippen LogP contribution in [0.2, 0.25) is 0 Å². The van der Waals surface area contributed by atoms with Gasteiger partial charge < -0.3 is 9.64 Å². The third-order valence-electron chi connectivity index (χ3n) is 2.27. The molecule has 0 unspecified atom stereocenters. The lowest BCUT2D eigenvalue weighted by Crippen LogP contribution is -2.50. The first-order chi connectivity index (χ1) is 5.93. The predicted molar refractivity (Wildman–Crippen MR) is 51.4 cm³/mol. The second kappa shape index (κ2) is 3.66. The van der Waals surface area contributed by atoms with Gasteiger partial charge in [0.1, 0.15) is 0 Å². The van der Waals surface area contributed by atoms with Crippen LogP contribution in [0.4, 0.5) is 0 Å². The maximum absolute atomic E-state index is 11.9. The van der Waals surface area contributed by atoms with Crippen molar-refractivity contribution < 1.29 is 9.53 Å². The van der Waals surface area contributed by atoms with Crippen molar-refractivity contribution in [2.45, 2.75) is 33.7 Å². The number of amides is 1. The van der Waals surface area contributed by atoms with E-state index in [1.165, 1.54) is 0 Å². The molecule has 0 aliphatic carbocycles. The number of rotatable bonds is 0. The molecule has 1 saturated heterocycles. The summed E-state index contributed by atoms with van der Waals surface area (Å²) in [5.41, 5.74) is -0.272. The molecule has 13 heavy (non-hydrogen) atoms. The van der Waals surface area contributed by atoms with Gasteiger partial charge in [0, 0.05) is 12.0 Å². The lowest BCUT2D eigenvalue weighted by Gasteiger charge is -2.37. The molecule has 0 aromatic heterocycles. The normalized spacial score (nSPS) is 24.6. The van der Waals surface area contributed by atoms with Crippen LogP contribution in [0.15, 0.2) is 0 Å². The molecular weight excluding hydrogens is 166 g/mol. The molecule has 0 spiro atoms. The van der Waals surface area contributed by atoms with Crippen molar-refractivity contribution in [3.8, 4) is 0 Å². The van der Waals surface area contributed by atoms with Crippen LogP contribution in [0.3, 0.4) is 0 Å². The maximum atomic E-state index is 11.9. The van der Waals surface area contributed by atoms with Crippen molar-refractivity contribution in [2.24, 2.45) is 5.41 Å². The Hall–Kier alpha value is -0.570. The number of carbonyl (C=O) groups excluding carboxylic acids is 1. The lowest BCUT2D eigenvalue weighted by molar-refractivity contribution is -0.147. The van der Waals surface area contributed by atoms with Gasteiger partial charge in [-0.05, 0) is 6.92 Å². The number of nitrogens with zero attached hydrogens (tertiary/aromatic N) is 1. The molecular formula is C10H19NO2. The fourth-order valence-corrected chi connectivity index (χ4v) is 1.46. The SMILES string of the molecule is C[C@@H]1COCCN1C(=O)C(C)(C)C. The summed E-state index contributed by atoms with van der Waals surface area (Å²) in [4.78, 5) is 13.8. The van der Waals surface area contributed by atoms with Crippen molar-refractivity contribution >= 4 is 5.91 Å². The molecule has 0 N–H and O–H groups in total. The van der Waals surface area contributed by atoms with Gasteiger partial charge in [-0.25, -0.2) is 0 Å². The molecule has 1 amide bonds. The van der Waals surface area contributed by atoms with Crippen molar-refractivity contribution in [1.82, 2.24) is 4.90 Å². The summed E-state index contributed by atoms with van der Waals surface area (Å²) >= 11 is 0. The van der Waals surface area contributed by atoms with Crippen LogP contribution in [-0.4, -0.2) is 36.6 Å². The summed E-state index contributed by atoms with van der Waals surface area (Å²) < 4.78 is 5.28. The highest BCUT2D eigenvalue weighted by atomic mass is 16.5. The fourth-order valence-electron chi connectivity index (χ4n) is 1.46. The van der Waals surface area contributed by atoms with Crippen LogP contribution >= 0.6 is 0 Å². The Morgan fingerprint density at radius 3 is 2.54 bits per heavy atom. The van der Waals surface area contributed by atoms with Crippen LogP contribution in [0.1, 0.15) is 27.7 Å². The third-order valence-corrected chi connectivity index (χ3v) is 2.27. The Balaban J connectivity index is 2.64. The second-order valence-corrected chi connectivity index (χ2v) is 4.67. The molecule has 0 radical (unpaired) electrons. The van der Waals surface area contributed by atoms with Crippen LogP contribution in [0, 0.1) is 5.41 Å². The Morgan fingerprint density at radius 2 is 2.08 bits per heavy atom. The van der Waals surface area contributed by atoms with E-state index in [2.05, 4.69) is 0 Å². The average molecular weight is 185 g/mol. The van der Waals surface area contributed by atoms with Gasteiger partial charge in [-0.1, -0.05) is 20.8 Å². The first-order valence-corrected chi connectivity index (χ1v) is 4.82. The lowest BCUT2D eigenvalue weighted by atomic mass is 9.94. The highest BCUT2D eigenvalue weighted by molar-refractivity contribution is 5.81. The van der Waals surface area contributed by atoms with Gasteiger partial charge in [-0.3, -0.25) is 4.79 Å². The standard InChI is InChI=1S/C10H19NO2/c1-8-7-13-6-5-11(8)9(12)10(2,3)4/h8H,5-7H2,1-4H3/t8-/m1/s1. The van der Waals surface area contributed by atoms with Crippen molar-refractivity contribution in [1.29, 1.82) is 0 Å². The molecule has 76 valence electrons. The average Bonchev–Trinajstić information content (AvgIpc) is 2.02. The van der Waals surface area contributed by atoms with Gasteiger partial charge >= 0.3 is 0 Å². The van der Waals surface area contributed by atoms with E-state index >= 15 is 0 Å². The zero-order chi connectivity index (χ0) is 10.1. The number of morpholine rings is 1. The molecule has 3 nitrogen and oxygen atoms in total. The summed E-state index contributed by atoms with van der Waals surface area (Å²) in [5.74, 6) is 0.225. The topological polar surface area (TPSA) is 29.5 Å². The molecule has 0 aromatic rings. The van der Waals surface area contributed by atoms with Crippen LogP contribution in [-0.2, 0) is 9.53 Å². The molecule has 1 aliphatic rings. The Kier molecular flexibility index (Phi) is 2.96. The number of hydrogen-bond acceptors (Lipinski definition) is 2. The number of hydrogen-bond donors (Lipinski definition) is 0. The van der Waals surface area contributed by atoms with Crippen LogP contribution in [0.25, 0.3) is 0 Å². The van der Waals surface area contributed by atoms with E-state index in [1.807, 2.05) is 32.6 Å². The summed E-state index contributed by atoms with van der Waals surface area (Å²) in [5, 5.41) is 0. The van der Waals surface area contributed by atoms with E-state index in [-0.39, 0.29) is 17.4 Å². The van der Waals surface area contributed by atoms with Crippen LogP contribution < -0.4 is 0 Å². The number of carbonyl (C=O) groups is 1. The van der Waals surface area contributed by atoms with Crippen LogP contribution in [0.5, 0.6) is 0 Å². The molecule has 1 fully saturated rings. The summed E-state index contributed by atoms with van der Waals surface area (Å²) in [7, 11) is 0. The highest BCUT2D eigenvalue weighted by Gasteiger charge is 2.31. The molecule has 0 bridgehead atoms. The predicted octanol–water partition coefficient (Wildman–Crippen LogP) is 1.28. The molecule has 1 heterocycles. The highest BCUT2D eigenvalue weighted by Crippen LogP contribution is 2.20. The Labute approximate surface area is 80.1 Å². The quantitative estimate of drug-likeness (QED) is 0.569. The van der Waals surface area contributed by atoms with Crippen molar-refractivity contribution in [2.75, 3.05) is 19.8 Å². The monoisotopic (exact) mass is 185 g/mol. The van der Waals surface area contributed by atoms with E-state index in [9.17, 15) is 4.79 Å². The van der Waals surface area contributed by atoms with Gasteiger partial charge in [-0.2, -0.15) is 0 Å². The smallest absolute Gasteiger partial charge is 0.228 e. The van der Waals surface area contributed by atoms with Crippen molar-refractivity contribution in [3.05, 3.63) is 0 Å². The molecule has 3 heteroatoms. The van der Waals surface area contributed by atoms with Crippen molar-refractivity contribution in [3.63, 3.8) is 0 Å². The Morgan fingerprint density at radius 1 is 1.46 bits per heavy atom. The first kappa shape index (κ1) is 10.5. The van der Waals surface area contributed by atoms with E-state index in [0.717, 1.165) is 6.54 Å². The Bertz CT molecular complexity index is 196. The fraction of sp³-hybridized carbons (Fsp3) is 0.900. The third kappa shape index (κ3) is 2.44. The summed E-state index contributed by atoms with van der Waals surface area (Å²) in [6, 6.07) is 0.223. The zero-order valence-electron chi connectivity index (χ0n) is 8.96. The van der Waals surface area contributed by atoms with Gasteiger partial charge in [-0.15, -0.1) is 0 Å². The first-order valence-electron chi connectivity index (χ1n) is 4.82. The van der Waals surface area contributed by atoms with Gasteiger partial charge in [0.2, 0.25) is 5.91 Å². The second-order valence-electron chi connectivity index (χ2n) is 4.67. The van der Waals surface area contributed by atoms with Gasteiger partial charge in [0.15, 0.2) is 0 Å². The summed E-state index contributed by atoms with van der Waals surface area (Å²) in [6.45, 7) is 9.97. The molecule has 1 atom stereocenters. The largest absolute Gasteiger partial charge is 0.377 e. The maximum Gasteiger partial charge on any atom is 0.228 e. The summed E-state index contributed by atoms with van der Waals surface area (Å²) in [6.07, 6.45) is 0. The number of ether oxygens (including phenoxy) is 1. The molecule has 0 saturated carbocycles. The zero-order valence-corrected chi connectivity index (χ0v) is 8.96. The van der Waals surface area contributed by atoms with Gasteiger partial charge in [0.25, 0.3) is 0 Å². The van der Waals surface area contributed by atoms with E-state index < -0.39 is 0 Å².